The minimum Gasteiger partial charge on any atom is -0.365 e. The molecule has 4 heteroatoms. The molecule has 0 unspecified atom stereocenters. The van der Waals surface area contributed by atoms with Gasteiger partial charge in [-0.25, -0.2) is 0 Å². The van der Waals surface area contributed by atoms with Crippen LogP contribution in [0.5, 0.6) is 0 Å². The number of thioether (sulfide) groups is 1. The molecule has 1 N–H and O–H groups in total. The van der Waals surface area contributed by atoms with Gasteiger partial charge in [-0.2, -0.15) is 0 Å². The monoisotopic (exact) mass is 254 g/mol. The van der Waals surface area contributed by atoms with E-state index in [9.17, 15) is 0 Å². The first-order chi connectivity index (χ1) is 7.84. The van der Waals surface area contributed by atoms with Crippen LogP contribution in [0.15, 0.2) is 29.3 Å². The van der Waals surface area contributed by atoms with Gasteiger partial charge in [0.25, 0.3) is 0 Å². The number of rotatable bonds is 3. The normalized spacial score (nSPS) is 15.7. The number of amidine groups is 1. The largest absolute Gasteiger partial charge is 0.365 e. The van der Waals surface area contributed by atoms with Crippen LogP contribution in [0.3, 0.4) is 0 Å². The molecular weight excluding hydrogens is 240 g/mol. The third-order valence-corrected chi connectivity index (χ3v) is 3.69. The zero-order valence-corrected chi connectivity index (χ0v) is 10.7. The van der Waals surface area contributed by atoms with E-state index in [1.165, 1.54) is 17.7 Å². The van der Waals surface area contributed by atoms with Gasteiger partial charge in [0.1, 0.15) is 0 Å². The number of hydrogen-bond donors (Lipinski definition) is 1. The Labute approximate surface area is 105 Å². The van der Waals surface area contributed by atoms with Gasteiger partial charge < -0.3 is 5.32 Å². The van der Waals surface area contributed by atoms with Gasteiger partial charge in [0.15, 0.2) is 5.17 Å². The second kappa shape index (κ2) is 6.16. The van der Waals surface area contributed by atoms with Crippen LogP contribution in [0.25, 0.3) is 0 Å². The molecule has 0 fully saturated rings. The van der Waals surface area contributed by atoms with Crippen molar-refractivity contribution in [1.82, 2.24) is 5.32 Å². The molecule has 0 aromatic heterocycles. The Morgan fingerprint density at radius 2 is 2.12 bits per heavy atom. The van der Waals surface area contributed by atoms with Crippen LogP contribution in [-0.2, 0) is 6.42 Å². The van der Waals surface area contributed by atoms with Crippen molar-refractivity contribution in [3.63, 3.8) is 0 Å². The lowest BCUT2D eigenvalue weighted by Crippen LogP contribution is -2.25. The first-order valence-corrected chi connectivity index (χ1v) is 6.86. The number of aliphatic imine (C=N–C) groups is 1. The Balaban J connectivity index is 1.75. The third-order valence-electron chi connectivity index (χ3n) is 2.40. The van der Waals surface area contributed by atoms with Gasteiger partial charge in [0, 0.05) is 23.9 Å². The smallest absolute Gasteiger partial charge is 0.156 e. The fraction of sp³-hybridized carbons (Fsp3) is 0.417. The van der Waals surface area contributed by atoms with Crippen molar-refractivity contribution in [1.29, 1.82) is 0 Å². The first-order valence-electron chi connectivity index (χ1n) is 5.50. The van der Waals surface area contributed by atoms with E-state index < -0.39 is 0 Å². The highest BCUT2D eigenvalue weighted by molar-refractivity contribution is 8.13. The SMILES string of the molecule is Clc1ccc(CCNC2=NCCCS2)cc1. The van der Waals surface area contributed by atoms with Crippen LogP contribution < -0.4 is 5.32 Å². The summed E-state index contributed by atoms with van der Waals surface area (Å²) in [4.78, 5) is 4.42. The lowest BCUT2D eigenvalue weighted by Gasteiger charge is -2.13. The summed E-state index contributed by atoms with van der Waals surface area (Å²) in [5, 5.41) is 5.26. The predicted octanol–water partition coefficient (Wildman–Crippen LogP) is 2.97. The molecule has 1 aromatic rings. The lowest BCUT2D eigenvalue weighted by atomic mass is 10.1. The summed E-state index contributed by atoms with van der Waals surface area (Å²) in [5.74, 6) is 1.19. The molecular formula is C12H15ClN2S. The molecule has 0 bridgehead atoms. The van der Waals surface area contributed by atoms with Crippen molar-refractivity contribution in [2.75, 3.05) is 18.8 Å². The van der Waals surface area contributed by atoms with E-state index in [2.05, 4.69) is 22.4 Å². The van der Waals surface area contributed by atoms with Crippen molar-refractivity contribution >= 4 is 28.5 Å². The van der Waals surface area contributed by atoms with Crippen molar-refractivity contribution in [2.45, 2.75) is 12.8 Å². The highest BCUT2D eigenvalue weighted by Gasteiger charge is 2.04. The quantitative estimate of drug-likeness (QED) is 0.897. The molecule has 1 heterocycles. The minimum absolute atomic E-state index is 0.795. The second-order valence-electron chi connectivity index (χ2n) is 3.69. The van der Waals surface area contributed by atoms with Gasteiger partial charge in [0.05, 0.1) is 0 Å². The summed E-state index contributed by atoms with van der Waals surface area (Å²) in [7, 11) is 0. The maximum Gasteiger partial charge on any atom is 0.156 e. The van der Waals surface area contributed by atoms with Crippen LogP contribution in [0, 0.1) is 0 Å². The Kier molecular flexibility index (Phi) is 4.55. The molecule has 1 aliphatic rings. The van der Waals surface area contributed by atoms with Crippen molar-refractivity contribution in [3.05, 3.63) is 34.9 Å². The molecule has 0 saturated carbocycles. The number of nitrogens with one attached hydrogen (secondary N) is 1. The van der Waals surface area contributed by atoms with Gasteiger partial charge >= 0.3 is 0 Å². The highest BCUT2D eigenvalue weighted by Crippen LogP contribution is 2.11. The van der Waals surface area contributed by atoms with E-state index in [4.69, 9.17) is 11.6 Å². The van der Waals surface area contributed by atoms with Crippen LogP contribution in [0.4, 0.5) is 0 Å². The standard InChI is InChI=1S/C12H15ClN2S/c13-11-4-2-10(3-5-11)6-8-15-12-14-7-1-9-16-12/h2-5H,1,6-9H2,(H,14,15). The zero-order chi connectivity index (χ0) is 11.2. The molecule has 0 aliphatic carbocycles. The van der Waals surface area contributed by atoms with E-state index in [1.807, 2.05) is 23.9 Å². The number of hydrogen-bond acceptors (Lipinski definition) is 3. The Bertz CT molecular complexity index is 362. The fourth-order valence-corrected chi connectivity index (χ4v) is 2.51. The number of halogens is 1. The zero-order valence-electron chi connectivity index (χ0n) is 9.08. The van der Waals surface area contributed by atoms with E-state index in [0.29, 0.717) is 0 Å². The summed E-state index contributed by atoms with van der Waals surface area (Å²) in [6, 6.07) is 8.01. The van der Waals surface area contributed by atoms with E-state index >= 15 is 0 Å². The van der Waals surface area contributed by atoms with Gasteiger partial charge in [-0.05, 0) is 30.5 Å². The molecule has 0 radical (unpaired) electrons. The van der Waals surface area contributed by atoms with Crippen LogP contribution in [0.2, 0.25) is 5.02 Å². The Morgan fingerprint density at radius 3 is 2.81 bits per heavy atom. The van der Waals surface area contributed by atoms with Gasteiger partial charge in [0.2, 0.25) is 0 Å². The van der Waals surface area contributed by atoms with E-state index in [-0.39, 0.29) is 0 Å². The van der Waals surface area contributed by atoms with E-state index in [1.54, 1.807) is 0 Å². The Hall–Kier alpha value is -0.670. The molecule has 1 aliphatic heterocycles. The predicted molar refractivity (Wildman–Crippen MR) is 72.5 cm³/mol. The highest BCUT2D eigenvalue weighted by atomic mass is 35.5. The van der Waals surface area contributed by atoms with Gasteiger partial charge in [-0.15, -0.1) is 0 Å². The van der Waals surface area contributed by atoms with Gasteiger partial charge in [-0.3, -0.25) is 4.99 Å². The second-order valence-corrected chi connectivity index (χ2v) is 5.21. The van der Waals surface area contributed by atoms with Crippen molar-refractivity contribution < 1.29 is 0 Å². The maximum absolute atomic E-state index is 5.83. The fourth-order valence-electron chi connectivity index (χ4n) is 1.53. The molecule has 16 heavy (non-hydrogen) atoms. The van der Waals surface area contributed by atoms with Crippen LogP contribution in [-0.4, -0.2) is 24.0 Å². The van der Waals surface area contributed by atoms with Crippen molar-refractivity contribution in [2.24, 2.45) is 4.99 Å². The topological polar surface area (TPSA) is 24.4 Å². The third kappa shape index (κ3) is 3.72. The molecule has 0 atom stereocenters. The molecule has 2 rings (SSSR count). The molecule has 1 aromatic carbocycles. The summed E-state index contributed by atoms with van der Waals surface area (Å²) in [6.45, 7) is 1.91. The number of nitrogens with zero attached hydrogens (tertiary/aromatic N) is 1. The Morgan fingerprint density at radius 1 is 1.31 bits per heavy atom. The molecule has 0 saturated heterocycles. The van der Waals surface area contributed by atoms with E-state index in [0.717, 1.165) is 29.7 Å². The minimum atomic E-state index is 0.795. The summed E-state index contributed by atoms with van der Waals surface area (Å²) >= 11 is 7.65. The van der Waals surface area contributed by atoms with Gasteiger partial charge in [-0.1, -0.05) is 35.5 Å². The maximum atomic E-state index is 5.83. The van der Waals surface area contributed by atoms with Crippen LogP contribution in [0.1, 0.15) is 12.0 Å². The summed E-state index contributed by atoms with van der Waals surface area (Å²) in [6.07, 6.45) is 2.21. The summed E-state index contributed by atoms with van der Waals surface area (Å²) < 4.78 is 0. The molecule has 0 amide bonds. The molecule has 86 valence electrons. The lowest BCUT2D eigenvalue weighted by molar-refractivity contribution is 0.852. The average molecular weight is 255 g/mol. The average Bonchev–Trinajstić information content (AvgIpc) is 2.33. The number of benzene rings is 1. The molecule has 2 nitrogen and oxygen atoms in total. The molecule has 0 spiro atoms. The van der Waals surface area contributed by atoms with Crippen molar-refractivity contribution in [3.8, 4) is 0 Å². The van der Waals surface area contributed by atoms with Crippen LogP contribution >= 0.6 is 23.4 Å². The summed E-state index contributed by atoms with van der Waals surface area (Å²) in [5.41, 5.74) is 1.30. The first kappa shape index (κ1) is 11.8.